The zero-order valence-corrected chi connectivity index (χ0v) is 11.7. The van der Waals surface area contributed by atoms with Gasteiger partial charge in [0.1, 0.15) is 0 Å². The molecule has 0 spiro atoms. The Kier molecular flexibility index (Phi) is 4.31. The van der Waals surface area contributed by atoms with Crippen LogP contribution < -0.4 is 0 Å². The van der Waals surface area contributed by atoms with E-state index >= 15 is 0 Å². The molecule has 0 bridgehead atoms. The Morgan fingerprint density at radius 2 is 1.78 bits per heavy atom. The molecule has 0 heterocycles. The topological polar surface area (TPSA) is 57.9 Å². The third kappa shape index (κ3) is 3.71. The second kappa shape index (κ2) is 5.36. The molecule has 3 nitrogen and oxygen atoms in total. The molecule has 4 heteroatoms. The van der Waals surface area contributed by atoms with Gasteiger partial charge in [-0.1, -0.05) is 39.0 Å². The fraction of sp³-hybridized carbons (Fsp3) is 0.357. The molecule has 96 valence electrons. The summed E-state index contributed by atoms with van der Waals surface area (Å²) in [5, 5.41) is 8.33. The SMILES string of the molecule is CC(C)(C)c1ccc(S(=O)(=O)CC=CC#N)cc1. The summed E-state index contributed by atoms with van der Waals surface area (Å²) in [6, 6.07) is 8.69. The molecule has 0 aliphatic carbocycles. The van der Waals surface area contributed by atoms with Gasteiger partial charge in [0.25, 0.3) is 0 Å². The molecule has 0 saturated heterocycles. The number of nitrogens with zero attached hydrogens (tertiary/aromatic N) is 1. The van der Waals surface area contributed by atoms with Crippen LogP contribution in [0.1, 0.15) is 26.3 Å². The Labute approximate surface area is 109 Å². The van der Waals surface area contributed by atoms with Crippen LogP contribution in [-0.4, -0.2) is 14.2 Å². The van der Waals surface area contributed by atoms with E-state index in [4.69, 9.17) is 5.26 Å². The van der Waals surface area contributed by atoms with E-state index < -0.39 is 9.84 Å². The Morgan fingerprint density at radius 3 is 2.22 bits per heavy atom. The fourth-order valence-electron chi connectivity index (χ4n) is 1.49. The summed E-state index contributed by atoms with van der Waals surface area (Å²) in [7, 11) is -3.33. The first-order valence-electron chi connectivity index (χ1n) is 5.65. The van der Waals surface area contributed by atoms with Gasteiger partial charge in [-0.25, -0.2) is 8.42 Å². The lowest BCUT2D eigenvalue weighted by Crippen LogP contribution is -2.11. The average molecular weight is 263 g/mol. The van der Waals surface area contributed by atoms with Gasteiger partial charge < -0.3 is 0 Å². The molecular formula is C14H17NO2S. The van der Waals surface area contributed by atoms with Gasteiger partial charge in [0.2, 0.25) is 0 Å². The third-order valence-corrected chi connectivity index (χ3v) is 4.21. The van der Waals surface area contributed by atoms with Crippen molar-refractivity contribution >= 4 is 9.84 Å². The molecular weight excluding hydrogens is 246 g/mol. The summed E-state index contributed by atoms with van der Waals surface area (Å²) in [6.45, 7) is 6.23. The molecule has 0 unspecified atom stereocenters. The van der Waals surface area contributed by atoms with Crippen LogP contribution in [0.2, 0.25) is 0 Å². The molecule has 18 heavy (non-hydrogen) atoms. The van der Waals surface area contributed by atoms with E-state index in [0.717, 1.165) is 5.56 Å². The van der Waals surface area contributed by atoms with E-state index in [9.17, 15) is 8.42 Å². The molecule has 0 saturated carbocycles. The van der Waals surface area contributed by atoms with E-state index in [-0.39, 0.29) is 16.1 Å². The molecule has 0 fully saturated rings. The Morgan fingerprint density at radius 1 is 1.22 bits per heavy atom. The van der Waals surface area contributed by atoms with Crippen molar-refractivity contribution in [2.24, 2.45) is 0 Å². The monoisotopic (exact) mass is 263 g/mol. The summed E-state index contributed by atoms with van der Waals surface area (Å²) < 4.78 is 23.8. The molecule has 0 aromatic heterocycles. The van der Waals surface area contributed by atoms with Crippen LogP contribution in [0.25, 0.3) is 0 Å². The van der Waals surface area contributed by atoms with Gasteiger partial charge in [-0.05, 0) is 23.1 Å². The smallest absolute Gasteiger partial charge is 0.181 e. The number of benzene rings is 1. The van der Waals surface area contributed by atoms with E-state index in [1.807, 2.05) is 12.1 Å². The van der Waals surface area contributed by atoms with Gasteiger partial charge in [0.05, 0.1) is 16.7 Å². The van der Waals surface area contributed by atoms with E-state index in [1.54, 1.807) is 18.2 Å². The van der Waals surface area contributed by atoms with Gasteiger partial charge in [-0.2, -0.15) is 5.26 Å². The van der Waals surface area contributed by atoms with Crippen LogP contribution in [0, 0.1) is 11.3 Å². The number of sulfone groups is 1. The Balaban J connectivity index is 2.99. The van der Waals surface area contributed by atoms with Crippen molar-refractivity contribution in [2.45, 2.75) is 31.1 Å². The third-order valence-electron chi connectivity index (χ3n) is 2.59. The first-order valence-corrected chi connectivity index (χ1v) is 7.30. The first kappa shape index (κ1) is 14.5. The second-order valence-electron chi connectivity index (χ2n) is 5.09. The largest absolute Gasteiger partial charge is 0.223 e. The van der Waals surface area contributed by atoms with Crippen LogP contribution in [0.3, 0.4) is 0 Å². The summed E-state index contributed by atoms with van der Waals surface area (Å²) in [4.78, 5) is 0.290. The van der Waals surface area contributed by atoms with Gasteiger partial charge in [-0.15, -0.1) is 0 Å². The predicted octanol–water partition coefficient (Wildman–Crippen LogP) is 2.84. The minimum absolute atomic E-state index is 0.00298. The van der Waals surface area contributed by atoms with Gasteiger partial charge >= 0.3 is 0 Å². The van der Waals surface area contributed by atoms with E-state index in [0.29, 0.717) is 0 Å². The lowest BCUT2D eigenvalue weighted by Gasteiger charge is -2.19. The normalized spacial score (nSPS) is 12.6. The summed E-state index contributed by atoms with van der Waals surface area (Å²) in [5.41, 5.74) is 1.09. The molecule has 1 rings (SSSR count). The second-order valence-corrected chi connectivity index (χ2v) is 7.12. The van der Waals surface area contributed by atoms with Crippen molar-refractivity contribution in [2.75, 3.05) is 5.75 Å². The summed E-state index contributed by atoms with van der Waals surface area (Å²) >= 11 is 0. The van der Waals surface area contributed by atoms with E-state index in [1.165, 1.54) is 12.2 Å². The molecule has 1 aromatic carbocycles. The predicted molar refractivity (Wildman–Crippen MR) is 71.9 cm³/mol. The van der Waals surface area contributed by atoms with Crippen molar-refractivity contribution < 1.29 is 8.42 Å². The molecule has 0 aliphatic heterocycles. The molecule has 0 atom stereocenters. The van der Waals surface area contributed by atoms with Gasteiger partial charge in [0.15, 0.2) is 9.84 Å². The van der Waals surface area contributed by atoms with Gasteiger partial charge in [0, 0.05) is 6.08 Å². The van der Waals surface area contributed by atoms with Crippen LogP contribution in [-0.2, 0) is 15.3 Å². The quantitative estimate of drug-likeness (QED) is 0.788. The highest BCUT2D eigenvalue weighted by molar-refractivity contribution is 7.91. The van der Waals surface area contributed by atoms with E-state index in [2.05, 4.69) is 20.8 Å². The van der Waals surface area contributed by atoms with Gasteiger partial charge in [-0.3, -0.25) is 0 Å². The maximum Gasteiger partial charge on any atom is 0.181 e. The lowest BCUT2D eigenvalue weighted by molar-refractivity contribution is 0.587. The number of hydrogen-bond donors (Lipinski definition) is 0. The number of rotatable bonds is 3. The standard InChI is InChI=1S/C14H17NO2S/c1-14(2,3)12-6-8-13(9-7-12)18(16,17)11-5-4-10-15/h4-9H,11H2,1-3H3. The maximum atomic E-state index is 11.9. The molecule has 0 amide bonds. The summed E-state index contributed by atoms with van der Waals surface area (Å²) in [6.07, 6.45) is 2.54. The first-order chi connectivity index (χ1) is 8.27. The fourth-order valence-corrected chi connectivity index (χ4v) is 2.58. The summed E-state index contributed by atoms with van der Waals surface area (Å²) in [5.74, 6) is -0.143. The van der Waals surface area contributed by atoms with Crippen LogP contribution in [0.4, 0.5) is 0 Å². The Hall–Kier alpha value is -1.60. The van der Waals surface area contributed by atoms with Crippen molar-refractivity contribution in [3.05, 3.63) is 42.0 Å². The molecule has 0 radical (unpaired) electrons. The van der Waals surface area contributed by atoms with Crippen LogP contribution >= 0.6 is 0 Å². The average Bonchev–Trinajstić information content (AvgIpc) is 2.28. The van der Waals surface area contributed by atoms with Crippen molar-refractivity contribution in [3.8, 4) is 6.07 Å². The number of hydrogen-bond acceptors (Lipinski definition) is 3. The van der Waals surface area contributed by atoms with Crippen molar-refractivity contribution in [1.82, 2.24) is 0 Å². The zero-order chi connectivity index (χ0) is 13.8. The lowest BCUT2D eigenvalue weighted by atomic mass is 9.87. The Bertz CT molecular complexity index is 570. The molecule has 1 aromatic rings. The zero-order valence-electron chi connectivity index (χ0n) is 10.8. The number of nitriles is 1. The minimum atomic E-state index is -3.33. The minimum Gasteiger partial charge on any atom is -0.223 e. The van der Waals surface area contributed by atoms with Crippen molar-refractivity contribution in [3.63, 3.8) is 0 Å². The van der Waals surface area contributed by atoms with Crippen molar-refractivity contribution in [1.29, 1.82) is 5.26 Å². The van der Waals surface area contributed by atoms with Crippen LogP contribution in [0.15, 0.2) is 41.3 Å². The number of allylic oxidation sites excluding steroid dienone is 1. The highest BCUT2D eigenvalue weighted by atomic mass is 32.2. The molecule has 0 aliphatic rings. The highest BCUT2D eigenvalue weighted by Gasteiger charge is 2.16. The molecule has 0 N–H and O–H groups in total. The highest BCUT2D eigenvalue weighted by Crippen LogP contribution is 2.23. The maximum absolute atomic E-state index is 11.9. The van der Waals surface area contributed by atoms with Crippen LogP contribution in [0.5, 0.6) is 0 Å².